The van der Waals surface area contributed by atoms with Crippen molar-refractivity contribution in [3.63, 3.8) is 0 Å². The van der Waals surface area contributed by atoms with Gasteiger partial charge in [-0.25, -0.2) is 0 Å². The van der Waals surface area contributed by atoms with Gasteiger partial charge in [-0.2, -0.15) is 0 Å². The van der Waals surface area contributed by atoms with E-state index in [9.17, 15) is 9.59 Å². The van der Waals surface area contributed by atoms with Crippen molar-refractivity contribution < 1.29 is 9.59 Å². The van der Waals surface area contributed by atoms with Crippen molar-refractivity contribution in [2.24, 2.45) is 17.3 Å². The molecule has 0 aromatic rings. The van der Waals surface area contributed by atoms with E-state index in [4.69, 9.17) is 0 Å². The van der Waals surface area contributed by atoms with Gasteiger partial charge in [0.25, 0.3) is 0 Å². The number of Topliss-reactive ketones (excluding diaryl/α,β-unsaturated/α-hetero) is 2. The molecule has 1 atom stereocenters. The minimum atomic E-state index is -0.775. The van der Waals surface area contributed by atoms with Crippen LogP contribution in [0, 0.1) is 17.3 Å². The Kier molecular flexibility index (Phi) is 4.50. The van der Waals surface area contributed by atoms with Crippen molar-refractivity contribution in [1.29, 1.82) is 0 Å². The van der Waals surface area contributed by atoms with Crippen molar-refractivity contribution in [2.75, 3.05) is 0 Å². The summed E-state index contributed by atoms with van der Waals surface area (Å²) in [4.78, 5) is 23.4. The van der Waals surface area contributed by atoms with E-state index in [1.54, 1.807) is 6.92 Å². The van der Waals surface area contributed by atoms with Crippen LogP contribution in [-0.4, -0.2) is 11.6 Å². The maximum atomic E-state index is 11.9. The molecule has 0 aliphatic rings. The number of rotatable bonds is 5. The van der Waals surface area contributed by atoms with E-state index in [1.807, 2.05) is 27.7 Å². The summed E-state index contributed by atoms with van der Waals surface area (Å²) in [6.07, 6.45) is 0.652. The van der Waals surface area contributed by atoms with Crippen LogP contribution in [-0.2, 0) is 9.59 Å². The van der Waals surface area contributed by atoms with Gasteiger partial charge in [-0.05, 0) is 26.2 Å². The minimum Gasteiger partial charge on any atom is -0.299 e. The Morgan fingerprint density at radius 3 is 1.79 bits per heavy atom. The highest BCUT2D eigenvalue weighted by molar-refractivity contribution is 6.06. The smallest absolute Gasteiger partial charge is 0.148 e. The highest BCUT2D eigenvalue weighted by atomic mass is 16.2. The van der Waals surface area contributed by atoms with E-state index in [2.05, 4.69) is 0 Å². The van der Waals surface area contributed by atoms with E-state index in [1.165, 1.54) is 6.92 Å². The molecule has 0 N–H and O–H groups in total. The maximum absolute atomic E-state index is 11.9. The summed E-state index contributed by atoms with van der Waals surface area (Å²) in [5, 5.41) is 0. The Bertz CT molecular complexity index is 228. The van der Waals surface area contributed by atoms with Gasteiger partial charge in [0, 0.05) is 5.92 Å². The van der Waals surface area contributed by atoms with Crippen LogP contribution < -0.4 is 0 Å². The summed E-state index contributed by atoms with van der Waals surface area (Å²) in [7, 11) is 0. The van der Waals surface area contributed by atoms with Crippen LogP contribution in [0.1, 0.15) is 48.0 Å². The molecular formula is C12H22O2. The van der Waals surface area contributed by atoms with Gasteiger partial charge in [-0.15, -0.1) is 0 Å². The summed E-state index contributed by atoms with van der Waals surface area (Å²) in [6, 6.07) is 0. The number of hydrogen-bond acceptors (Lipinski definition) is 2. The van der Waals surface area contributed by atoms with Crippen LogP contribution >= 0.6 is 0 Å². The van der Waals surface area contributed by atoms with Crippen molar-refractivity contribution in [3.8, 4) is 0 Å². The fourth-order valence-corrected chi connectivity index (χ4v) is 1.87. The second-order valence-electron chi connectivity index (χ2n) is 5.01. The normalized spacial score (nSPS) is 15.7. The molecule has 14 heavy (non-hydrogen) atoms. The molecule has 0 radical (unpaired) electrons. The van der Waals surface area contributed by atoms with Crippen molar-refractivity contribution >= 4 is 11.6 Å². The lowest BCUT2D eigenvalue weighted by atomic mass is 9.72. The van der Waals surface area contributed by atoms with Crippen molar-refractivity contribution in [3.05, 3.63) is 0 Å². The lowest BCUT2D eigenvalue weighted by Crippen LogP contribution is -2.39. The Hall–Kier alpha value is -0.660. The highest BCUT2D eigenvalue weighted by Gasteiger charge is 2.39. The Labute approximate surface area is 87.1 Å². The van der Waals surface area contributed by atoms with Gasteiger partial charge >= 0.3 is 0 Å². The largest absolute Gasteiger partial charge is 0.299 e. The van der Waals surface area contributed by atoms with Crippen LogP contribution in [0.3, 0.4) is 0 Å². The molecule has 0 aromatic carbocycles. The molecule has 2 heteroatoms. The van der Waals surface area contributed by atoms with E-state index in [0.29, 0.717) is 12.3 Å². The molecule has 0 spiro atoms. The van der Waals surface area contributed by atoms with Gasteiger partial charge < -0.3 is 0 Å². The summed E-state index contributed by atoms with van der Waals surface area (Å²) >= 11 is 0. The predicted molar refractivity (Wildman–Crippen MR) is 58.1 cm³/mol. The lowest BCUT2D eigenvalue weighted by molar-refractivity contribution is -0.141. The molecule has 0 aliphatic carbocycles. The Morgan fingerprint density at radius 1 is 1.14 bits per heavy atom. The zero-order chi connectivity index (χ0) is 11.5. The second-order valence-corrected chi connectivity index (χ2v) is 5.01. The second kappa shape index (κ2) is 4.72. The minimum absolute atomic E-state index is 0.00935. The highest BCUT2D eigenvalue weighted by Crippen LogP contribution is 2.31. The third kappa shape index (κ3) is 2.93. The summed E-state index contributed by atoms with van der Waals surface area (Å²) in [6.45, 7) is 11.1. The van der Waals surface area contributed by atoms with Crippen molar-refractivity contribution in [2.45, 2.75) is 48.0 Å². The van der Waals surface area contributed by atoms with E-state index in [-0.39, 0.29) is 17.5 Å². The van der Waals surface area contributed by atoms with E-state index < -0.39 is 5.41 Å². The summed E-state index contributed by atoms with van der Waals surface area (Å²) in [5.74, 6) is 0.359. The third-order valence-electron chi connectivity index (χ3n) is 2.66. The standard InChI is InChI=1S/C12H22O2/c1-8(2)7-12(6,10(5)13)11(14)9(3)4/h8-9H,7H2,1-6H3. The van der Waals surface area contributed by atoms with Gasteiger partial charge in [0.15, 0.2) is 0 Å². The van der Waals surface area contributed by atoms with Crippen LogP contribution in [0.25, 0.3) is 0 Å². The van der Waals surface area contributed by atoms with Gasteiger partial charge in [-0.1, -0.05) is 27.7 Å². The molecule has 0 heterocycles. The van der Waals surface area contributed by atoms with E-state index >= 15 is 0 Å². The molecular weight excluding hydrogens is 176 g/mol. The molecule has 0 bridgehead atoms. The quantitative estimate of drug-likeness (QED) is 0.636. The average molecular weight is 198 g/mol. The first kappa shape index (κ1) is 13.3. The first-order chi connectivity index (χ1) is 6.21. The zero-order valence-electron chi connectivity index (χ0n) is 10.2. The molecule has 1 unspecified atom stereocenters. The van der Waals surface area contributed by atoms with Gasteiger partial charge in [-0.3, -0.25) is 9.59 Å². The molecule has 0 aliphatic heterocycles. The van der Waals surface area contributed by atoms with Gasteiger partial charge in [0.2, 0.25) is 0 Å². The number of hydrogen-bond donors (Lipinski definition) is 0. The molecule has 0 aromatic heterocycles. The van der Waals surface area contributed by atoms with Gasteiger partial charge in [0.1, 0.15) is 11.6 Å². The molecule has 0 fully saturated rings. The van der Waals surface area contributed by atoms with Crippen LogP contribution in [0.2, 0.25) is 0 Å². The number of carbonyl (C=O) groups is 2. The first-order valence-electron chi connectivity index (χ1n) is 5.27. The fraction of sp³-hybridized carbons (Fsp3) is 0.833. The SMILES string of the molecule is CC(=O)C(C)(CC(C)C)C(=O)C(C)C. The predicted octanol–water partition coefficient (Wildman–Crippen LogP) is 2.85. The van der Waals surface area contributed by atoms with Gasteiger partial charge in [0.05, 0.1) is 5.41 Å². The van der Waals surface area contributed by atoms with Crippen LogP contribution in [0.5, 0.6) is 0 Å². The molecule has 0 amide bonds. The van der Waals surface area contributed by atoms with Crippen molar-refractivity contribution in [1.82, 2.24) is 0 Å². The fourth-order valence-electron chi connectivity index (χ4n) is 1.87. The lowest BCUT2D eigenvalue weighted by Gasteiger charge is -2.28. The molecule has 0 saturated carbocycles. The molecule has 2 nitrogen and oxygen atoms in total. The summed E-state index contributed by atoms with van der Waals surface area (Å²) in [5.41, 5.74) is -0.775. The third-order valence-corrected chi connectivity index (χ3v) is 2.66. The zero-order valence-corrected chi connectivity index (χ0v) is 10.2. The summed E-state index contributed by atoms with van der Waals surface area (Å²) < 4.78 is 0. The van der Waals surface area contributed by atoms with E-state index in [0.717, 1.165) is 0 Å². The Morgan fingerprint density at radius 2 is 1.57 bits per heavy atom. The first-order valence-corrected chi connectivity index (χ1v) is 5.27. The van der Waals surface area contributed by atoms with Crippen LogP contribution in [0.4, 0.5) is 0 Å². The topological polar surface area (TPSA) is 34.1 Å². The number of ketones is 2. The molecule has 0 rings (SSSR count). The molecule has 82 valence electrons. The maximum Gasteiger partial charge on any atom is 0.148 e. The monoisotopic (exact) mass is 198 g/mol. The Balaban J connectivity index is 4.90. The van der Waals surface area contributed by atoms with Crippen LogP contribution in [0.15, 0.2) is 0 Å². The molecule has 0 saturated heterocycles. The number of carbonyl (C=O) groups excluding carboxylic acids is 2. The average Bonchev–Trinajstić information content (AvgIpc) is 2.00.